The predicted octanol–water partition coefficient (Wildman–Crippen LogP) is 2.71. The van der Waals surface area contributed by atoms with E-state index in [1.165, 1.54) is 18.9 Å². The van der Waals surface area contributed by atoms with Crippen LogP contribution in [0.3, 0.4) is 0 Å². The van der Waals surface area contributed by atoms with Crippen molar-refractivity contribution < 1.29 is 23.9 Å². The van der Waals surface area contributed by atoms with Gasteiger partial charge in [0, 0.05) is 41.6 Å². The van der Waals surface area contributed by atoms with Crippen molar-refractivity contribution in [2.24, 2.45) is 0 Å². The highest BCUT2D eigenvalue weighted by molar-refractivity contribution is 7.99. The minimum atomic E-state index is -0.799. The summed E-state index contributed by atoms with van der Waals surface area (Å²) in [4.78, 5) is 44.7. The minimum Gasteiger partial charge on any atom is -0.466 e. The third kappa shape index (κ3) is 7.04. The van der Waals surface area contributed by atoms with Gasteiger partial charge in [-0.1, -0.05) is 12.1 Å². The molecule has 0 bridgehead atoms. The van der Waals surface area contributed by atoms with E-state index in [4.69, 9.17) is 9.47 Å². The molecule has 2 aromatic rings. The van der Waals surface area contributed by atoms with Crippen LogP contribution in [0.4, 0.5) is 0 Å². The molecular weight excluding hydrogens is 506 g/mol. The molecule has 10 nitrogen and oxygen atoms in total. The summed E-state index contributed by atoms with van der Waals surface area (Å²) >= 11 is 1.51. The molecule has 1 aliphatic heterocycles. The monoisotopic (exact) mass is 537 g/mol. The summed E-state index contributed by atoms with van der Waals surface area (Å²) in [7, 11) is 1.29. The lowest BCUT2D eigenvalue weighted by molar-refractivity contribution is -0.143. The highest BCUT2D eigenvalue weighted by Gasteiger charge is 2.39. The van der Waals surface area contributed by atoms with E-state index < -0.39 is 17.9 Å². The number of ether oxygens (including phenoxy) is 2. The van der Waals surface area contributed by atoms with E-state index in [1.807, 2.05) is 0 Å². The van der Waals surface area contributed by atoms with Crippen molar-refractivity contribution in [2.75, 3.05) is 18.6 Å². The molecule has 0 spiro atoms. The van der Waals surface area contributed by atoms with Crippen LogP contribution in [0.1, 0.15) is 43.5 Å². The van der Waals surface area contributed by atoms with E-state index in [-0.39, 0.29) is 23.3 Å². The Morgan fingerprint density at radius 3 is 2.71 bits per heavy atom. The number of methoxy groups -OCH3 is 1. The average molecular weight is 538 g/mol. The van der Waals surface area contributed by atoms with Crippen LogP contribution in [-0.2, 0) is 30.3 Å². The molecular formula is C27H31N5O5S. The summed E-state index contributed by atoms with van der Waals surface area (Å²) in [5, 5.41) is 15.5. The maximum Gasteiger partial charge on any atom is 0.337 e. The number of allylic oxidation sites excluding steroid dienone is 1. The highest BCUT2D eigenvalue weighted by Crippen LogP contribution is 2.40. The topological polar surface area (TPSA) is 146 Å². The number of H-pyrrole nitrogens is 1. The zero-order valence-corrected chi connectivity index (χ0v) is 22.6. The zero-order chi connectivity index (χ0) is 27.7. The molecule has 2 unspecified atom stereocenters. The van der Waals surface area contributed by atoms with Gasteiger partial charge in [-0.25, -0.2) is 14.6 Å². The van der Waals surface area contributed by atoms with Gasteiger partial charge in [0.1, 0.15) is 0 Å². The van der Waals surface area contributed by atoms with E-state index in [2.05, 4.69) is 26.7 Å². The van der Waals surface area contributed by atoms with E-state index in [9.17, 15) is 19.6 Å². The van der Waals surface area contributed by atoms with Crippen LogP contribution < -0.4 is 10.6 Å². The molecule has 1 aliphatic rings. The van der Waals surface area contributed by atoms with Gasteiger partial charge in [-0.3, -0.25) is 4.79 Å². The summed E-state index contributed by atoms with van der Waals surface area (Å²) in [5.41, 5.74) is 3.49. The number of esters is 2. The number of amides is 1. The smallest absolute Gasteiger partial charge is 0.337 e. The summed E-state index contributed by atoms with van der Waals surface area (Å²) in [5.74, 6) is -1.03. The highest BCUT2D eigenvalue weighted by atomic mass is 32.2. The van der Waals surface area contributed by atoms with Crippen LogP contribution in [0.5, 0.6) is 0 Å². The molecule has 2 heterocycles. The van der Waals surface area contributed by atoms with Crippen molar-refractivity contribution in [1.82, 2.24) is 20.6 Å². The Kier molecular flexibility index (Phi) is 10.1. The van der Waals surface area contributed by atoms with Crippen LogP contribution in [0, 0.1) is 11.3 Å². The summed E-state index contributed by atoms with van der Waals surface area (Å²) in [6, 6.07) is 8.74. The minimum absolute atomic E-state index is 0.178. The van der Waals surface area contributed by atoms with Gasteiger partial charge in [-0.2, -0.15) is 17.0 Å². The number of rotatable bonds is 12. The lowest BCUT2D eigenvalue weighted by Crippen LogP contribution is -2.35. The van der Waals surface area contributed by atoms with Crippen molar-refractivity contribution in [3.05, 3.63) is 76.2 Å². The van der Waals surface area contributed by atoms with Crippen LogP contribution in [0.15, 0.2) is 59.3 Å². The number of imidazole rings is 1. The van der Waals surface area contributed by atoms with Gasteiger partial charge in [0.2, 0.25) is 6.41 Å². The SMILES string of the molecule is COC(=O)C1=C(CSCC(Cc2c[nH]cn2)NC=O)NC(C)=C(C(=O)OC(C)C)C1c1cccc(C#N)c1. The lowest BCUT2D eigenvalue weighted by Gasteiger charge is -2.32. The lowest BCUT2D eigenvalue weighted by atomic mass is 9.80. The molecule has 0 radical (unpaired) electrons. The third-order valence-electron chi connectivity index (χ3n) is 5.84. The molecule has 3 rings (SSSR count). The Morgan fingerprint density at radius 2 is 2.08 bits per heavy atom. The molecule has 11 heteroatoms. The first-order valence-electron chi connectivity index (χ1n) is 12.0. The number of thioether (sulfide) groups is 1. The molecule has 200 valence electrons. The van der Waals surface area contributed by atoms with Crippen molar-refractivity contribution in [1.29, 1.82) is 5.26 Å². The first-order valence-corrected chi connectivity index (χ1v) is 13.2. The first kappa shape index (κ1) is 28.5. The number of nitrogens with one attached hydrogen (secondary N) is 3. The number of carbonyl (C=O) groups is 3. The summed E-state index contributed by atoms with van der Waals surface area (Å²) in [6.45, 7) is 5.26. The van der Waals surface area contributed by atoms with Crippen molar-refractivity contribution in [3.8, 4) is 6.07 Å². The second-order valence-electron chi connectivity index (χ2n) is 8.93. The maximum absolute atomic E-state index is 13.2. The van der Waals surface area contributed by atoms with Crippen molar-refractivity contribution in [2.45, 2.75) is 45.3 Å². The van der Waals surface area contributed by atoms with Crippen LogP contribution in [-0.4, -0.2) is 59.1 Å². The summed E-state index contributed by atoms with van der Waals surface area (Å²) in [6.07, 6.45) is 4.19. The van der Waals surface area contributed by atoms with Crippen LogP contribution in [0.2, 0.25) is 0 Å². The Morgan fingerprint density at radius 1 is 1.29 bits per heavy atom. The van der Waals surface area contributed by atoms with E-state index in [0.717, 1.165) is 5.69 Å². The number of carbonyl (C=O) groups excluding carboxylic acids is 3. The van der Waals surface area contributed by atoms with Crippen molar-refractivity contribution >= 4 is 30.1 Å². The van der Waals surface area contributed by atoms with Gasteiger partial charge in [-0.05, 0) is 38.5 Å². The molecule has 0 saturated heterocycles. The Balaban J connectivity index is 1.98. The number of nitrogens with zero attached hydrogens (tertiary/aromatic N) is 2. The fourth-order valence-electron chi connectivity index (χ4n) is 4.25. The van der Waals surface area contributed by atoms with Gasteiger partial charge in [0.15, 0.2) is 0 Å². The fourth-order valence-corrected chi connectivity index (χ4v) is 5.30. The molecule has 2 atom stereocenters. The molecule has 3 N–H and O–H groups in total. The molecule has 0 aliphatic carbocycles. The largest absolute Gasteiger partial charge is 0.466 e. The zero-order valence-electron chi connectivity index (χ0n) is 21.7. The Hall–Kier alpha value is -4.04. The average Bonchev–Trinajstić information content (AvgIpc) is 3.40. The van der Waals surface area contributed by atoms with Crippen LogP contribution >= 0.6 is 11.8 Å². The van der Waals surface area contributed by atoms with Gasteiger partial charge < -0.3 is 25.1 Å². The van der Waals surface area contributed by atoms with Gasteiger partial charge in [-0.15, -0.1) is 0 Å². The number of aromatic nitrogens is 2. The van der Waals surface area contributed by atoms with E-state index >= 15 is 0 Å². The summed E-state index contributed by atoms with van der Waals surface area (Å²) < 4.78 is 10.7. The Bertz CT molecular complexity index is 1260. The number of dihydropyridines is 1. The second kappa shape index (κ2) is 13.5. The van der Waals surface area contributed by atoms with E-state index in [1.54, 1.807) is 57.6 Å². The molecule has 1 aromatic heterocycles. The predicted molar refractivity (Wildman–Crippen MR) is 143 cm³/mol. The quantitative estimate of drug-likeness (QED) is 0.275. The first-order chi connectivity index (χ1) is 18.3. The number of hydrogen-bond donors (Lipinski definition) is 3. The molecule has 1 aromatic carbocycles. The van der Waals surface area contributed by atoms with Crippen molar-refractivity contribution in [3.63, 3.8) is 0 Å². The number of benzene rings is 1. The van der Waals surface area contributed by atoms with Gasteiger partial charge in [0.05, 0.1) is 53.9 Å². The molecule has 1 amide bonds. The van der Waals surface area contributed by atoms with E-state index in [0.29, 0.717) is 46.9 Å². The molecule has 0 fully saturated rings. The second-order valence-corrected chi connectivity index (χ2v) is 9.96. The standard InChI is InChI=1S/C27H31N5O5S/c1-16(2)37-27(35)23-17(3)32-22(13-38-12-21(31-15-33)9-20-11-29-14-30-20)25(26(34)36-4)24(23)19-7-5-6-18(8-19)10-28/h5-8,11,14-16,21,24,32H,9,12-13H2,1-4H3,(H,29,30)(H,31,33). The number of aromatic amines is 1. The maximum atomic E-state index is 13.2. The number of hydrogen-bond acceptors (Lipinski definition) is 9. The van der Waals surface area contributed by atoms with Gasteiger partial charge >= 0.3 is 11.9 Å². The number of nitriles is 1. The molecule has 0 saturated carbocycles. The fraction of sp³-hybridized carbons (Fsp3) is 0.370. The molecule has 38 heavy (non-hydrogen) atoms. The van der Waals surface area contributed by atoms with Gasteiger partial charge in [0.25, 0.3) is 0 Å². The third-order valence-corrected chi connectivity index (χ3v) is 6.97. The van der Waals surface area contributed by atoms with Crippen LogP contribution in [0.25, 0.3) is 0 Å². The normalized spacial score (nSPS) is 15.9. The Labute approximate surface area is 225 Å².